The van der Waals surface area contributed by atoms with E-state index in [4.69, 9.17) is 21.1 Å². The van der Waals surface area contributed by atoms with Crippen LogP contribution in [-0.2, 0) is 14.3 Å². The summed E-state index contributed by atoms with van der Waals surface area (Å²) in [5, 5.41) is 5.82. The van der Waals surface area contributed by atoms with Crippen molar-refractivity contribution in [2.45, 2.75) is 64.1 Å². The maximum atomic E-state index is 11.7. The fourth-order valence-corrected chi connectivity index (χ4v) is 2.45. The fourth-order valence-electron chi connectivity index (χ4n) is 2.35. The predicted octanol–water partition coefficient (Wildman–Crippen LogP) is 2.19. The monoisotopic (exact) mass is 334 g/mol. The molecule has 22 heavy (non-hydrogen) atoms. The van der Waals surface area contributed by atoms with E-state index in [1.807, 2.05) is 20.8 Å². The van der Waals surface area contributed by atoms with Gasteiger partial charge in [0.05, 0.1) is 6.61 Å². The Labute approximate surface area is 137 Å². The van der Waals surface area contributed by atoms with Gasteiger partial charge in [0.25, 0.3) is 0 Å². The van der Waals surface area contributed by atoms with Gasteiger partial charge in [0, 0.05) is 18.0 Å². The Morgan fingerprint density at radius 3 is 2.14 bits per heavy atom. The first-order valence-corrected chi connectivity index (χ1v) is 8.26. The Bertz CT molecular complexity index is 363. The van der Waals surface area contributed by atoms with Gasteiger partial charge in [-0.3, -0.25) is 4.79 Å². The number of nitrogens with one attached hydrogen (secondary N) is 2. The lowest BCUT2D eigenvalue weighted by Gasteiger charge is -2.30. The van der Waals surface area contributed by atoms with Crippen molar-refractivity contribution in [3.8, 4) is 0 Å². The zero-order valence-corrected chi connectivity index (χ0v) is 14.4. The molecule has 2 N–H and O–H groups in total. The highest BCUT2D eigenvalue weighted by Crippen LogP contribution is 2.19. The van der Waals surface area contributed by atoms with Gasteiger partial charge in [0.1, 0.15) is 12.2 Å². The van der Waals surface area contributed by atoms with E-state index in [0.717, 1.165) is 25.7 Å². The van der Waals surface area contributed by atoms with Crippen LogP contribution in [0.25, 0.3) is 0 Å². The van der Waals surface area contributed by atoms with Gasteiger partial charge < -0.3 is 20.1 Å². The van der Waals surface area contributed by atoms with Crippen LogP contribution in [0.2, 0.25) is 0 Å². The summed E-state index contributed by atoms with van der Waals surface area (Å²) in [6.07, 6.45) is 2.94. The average molecular weight is 335 g/mol. The Balaban J connectivity index is 2.20. The molecule has 2 amide bonds. The number of carbonyl (C=O) groups excluding carboxylic acids is 2. The van der Waals surface area contributed by atoms with E-state index >= 15 is 0 Å². The molecule has 0 aromatic carbocycles. The van der Waals surface area contributed by atoms with Gasteiger partial charge in [-0.05, 0) is 46.5 Å². The van der Waals surface area contributed by atoms with Crippen molar-refractivity contribution in [2.24, 2.45) is 0 Å². The summed E-state index contributed by atoms with van der Waals surface area (Å²) in [4.78, 5) is 23.3. The minimum absolute atomic E-state index is 0.0445. The molecule has 0 spiro atoms. The third-order valence-corrected chi connectivity index (χ3v) is 3.42. The molecule has 1 aliphatic rings. The molecule has 128 valence electrons. The highest BCUT2D eigenvalue weighted by atomic mass is 35.5. The largest absolute Gasteiger partial charge is 0.444 e. The Morgan fingerprint density at radius 1 is 1.09 bits per heavy atom. The zero-order chi connectivity index (χ0) is 16.6. The SMILES string of the molecule is CC(C)(C)OC(=O)NC1CCC(NC(=O)COCCCl)CC1. The van der Waals surface area contributed by atoms with Crippen molar-refractivity contribution in [2.75, 3.05) is 19.1 Å². The van der Waals surface area contributed by atoms with E-state index in [1.165, 1.54) is 0 Å². The molecule has 1 saturated carbocycles. The second kappa shape index (κ2) is 9.20. The van der Waals surface area contributed by atoms with Crippen molar-refractivity contribution in [1.29, 1.82) is 0 Å². The number of alkyl carbamates (subject to hydrolysis) is 1. The van der Waals surface area contributed by atoms with Crippen LogP contribution < -0.4 is 10.6 Å². The summed E-state index contributed by atoms with van der Waals surface area (Å²) >= 11 is 5.47. The third kappa shape index (κ3) is 8.44. The molecule has 6 nitrogen and oxygen atoms in total. The fraction of sp³-hybridized carbons (Fsp3) is 0.867. The van der Waals surface area contributed by atoms with Crippen LogP contribution in [0, 0.1) is 0 Å². The van der Waals surface area contributed by atoms with Crippen molar-refractivity contribution in [3.05, 3.63) is 0 Å². The first kappa shape index (κ1) is 19.0. The third-order valence-electron chi connectivity index (χ3n) is 3.27. The number of alkyl halides is 1. The van der Waals surface area contributed by atoms with Gasteiger partial charge >= 0.3 is 6.09 Å². The molecule has 0 saturated heterocycles. The first-order valence-electron chi connectivity index (χ1n) is 7.73. The molecule has 0 aromatic rings. The number of ether oxygens (including phenoxy) is 2. The lowest BCUT2D eigenvalue weighted by atomic mass is 9.91. The summed E-state index contributed by atoms with van der Waals surface area (Å²) < 4.78 is 10.3. The lowest BCUT2D eigenvalue weighted by molar-refractivity contribution is -0.126. The molecule has 1 aliphatic carbocycles. The maximum absolute atomic E-state index is 11.7. The van der Waals surface area contributed by atoms with E-state index in [-0.39, 0.29) is 30.7 Å². The topological polar surface area (TPSA) is 76.7 Å². The standard InChI is InChI=1S/C15H27ClN2O4/c1-15(2,3)22-14(20)18-12-6-4-11(5-7-12)17-13(19)10-21-9-8-16/h11-12H,4-10H2,1-3H3,(H,17,19)(H,18,20). The van der Waals surface area contributed by atoms with Crippen LogP contribution in [0.3, 0.4) is 0 Å². The minimum atomic E-state index is -0.488. The van der Waals surface area contributed by atoms with E-state index < -0.39 is 5.60 Å². The molecule has 0 radical (unpaired) electrons. The summed E-state index contributed by atoms with van der Waals surface area (Å²) in [5.74, 6) is 0.267. The number of carbonyl (C=O) groups is 2. The second-order valence-electron chi connectivity index (χ2n) is 6.50. The summed E-state index contributed by atoms with van der Waals surface area (Å²) in [6.45, 7) is 5.94. The molecule has 1 fully saturated rings. The number of hydrogen-bond acceptors (Lipinski definition) is 4. The molecule has 1 rings (SSSR count). The minimum Gasteiger partial charge on any atom is -0.444 e. The number of rotatable bonds is 6. The second-order valence-corrected chi connectivity index (χ2v) is 6.88. The molecular weight excluding hydrogens is 308 g/mol. The molecule has 0 bridgehead atoms. The van der Waals surface area contributed by atoms with Crippen molar-refractivity contribution in [3.63, 3.8) is 0 Å². The molecule has 0 aromatic heterocycles. The van der Waals surface area contributed by atoms with E-state index in [1.54, 1.807) is 0 Å². The summed E-state index contributed by atoms with van der Waals surface area (Å²) in [7, 11) is 0. The van der Waals surface area contributed by atoms with Crippen LogP contribution in [0.4, 0.5) is 4.79 Å². The van der Waals surface area contributed by atoms with Gasteiger partial charge in [-0.15, -0.1) is 11.6 Å². The molecule has 0 unspecified atom stereocenters. The smallest absolute Gasteiger partial charge is 0.407 e. The molecule has 0 atom stereocenters. The van der Waals surface area contributed by atoms with Crippen LogP contribution in [-0.4, -0.2) is 48.8 Å². The zero-order valence-electron chi connectivity index (χ0n) is 13.6. The quantitative estimate of drug-likeness (QED) is 0.576. The van der Waals surface area contributed by atoms with Crippen LogP contribution in [0.5, 0.6) is 0 Å². The Hall–Kier alpha value is -1.01. The Kier molecular flexibility index (Phi) is 7.96. The average Bonchev–Trinajstić information content (AvgIpc) is 2.39. The van der Waals surface area contributed by atoms with Gasteiger partial charge in [-0.2, -0.15) is 0 Å². The van der Waals surface area contributed by atoms with Crippen molar-refractivity contribution >= 4 is 23.6 Å². The maximum Gasteiger partial charge on any atom is 0.407 e. The number of amides is 2. The van der Waals surface area contributed by atoms with Gasteiger partial charge in [0.15, 0.2) is 0 Å². The Morgan fingerprint density at radius 2 is 1.64 bits per heavy atom. The van der Waals surface area contributed by atoms with Crippen molar-refractivity contribution in [1.82, 2.24) is 10.6 Å². The van der Waals surface area contributed by atoms with Crippen LogP contribution in [0.1, 0.15) is 46.5 Å². The molecular formula is C15H27ClN2O4. The van der Waals surface area contributed by atoms with Crippen molar-refractivity contribution < 1.29 is 19.1 Å². The normalized spacial score (nSPS) is 22.0. The lowest BCUT2D eigenvalue weighted by Crippen LogP contribution is -2.45. The number of halogens is 1. The predicted molar refractivity (Wildman–Crippen MR) is 85.1 cm³/mol. The summed E-state index contributed by atoms with van der Waals surface area (Å²) in [6, 6.07) is 0.249. The van der Waals surface area contributed by atoms with E-state index in [2.05, 4.69) is 10.6 Å². The van der Waals surface area contributed by atoms with Crippen LogP contribution >= 0.6 is 11.6 Å². The van der Waals surface area contributed by atoms with Gasteiger partial charge in [-0.1, -0.05) is 0 Å². The van der Waals surface area contributed by atoms with Crippen LogP contribution in [0.15, 0.2) is 0 Å². The highest BCUT2D eigenvalue weighted by Gasteiger charge is 2.25. The molecule has 0 heterocycles. The highest BCUT2D eigenvalue weighted by molar-refractivity contribution is 6.17. The molecule has 0 aliphatic heterocycles. The summed E-state index contributed by atoms with van der Waals surface area (Å²) in [5.41, 5.74) is -0.488. The first-order chi connectivity index (χ1) is 10.3. The number of hydrogen-bond donors (Lipinski definition) is 2. The molecule has 7 heteroatoms. The van der Waals surface area contributed by atoms with Gasteiger partial charge in [0.2, 0.25) is 5.91 Å². The van der Waals surface area contributed by atoms with E-state index in [0.29, 0.717) is 12.5 Å². The van der Waals surface area contributed by atoms with E-state index in [9.17, 15) is 9.59 Å². The van der Waals surface area contributed by atoms with Gasteiger partial charge in [-0.25, -0.2) is 4.79 Å².